The van der Waals surface area contributed by atoms with Crippen LogP contribution in [0.2, 0.25) is 5.02 Å². The van der Waals surface area contributed by atoms with Gasteiger partial charge in [-0.1, -0.05) is 23.7 Å². The maximum atomic E-state index is 12.1. The minimum atomic E-state index is -0.651. The number of halogens is 1. The molecule has 1 aromatic heterocycles. The van der Waals surface area contributed by atoms with E-state index in [1.165, 1.54) is 0 Å². The molecule has 0 spiro atoms. The SMILES string of the molecule is N#Cc1c(N2CCOCC2)cc(-c2ccccc2Cl)oc1=O. The predicted molar refractivity (Wildman–Crippen MR) is 83.2 cm³/mol. The van der Waals surface area contributed by atoms with Gasteiger partial charge in [-0.2, -0.15) is 5.26 Å². The minimum absolute atomic E-state index is 0.0118. The second-order valence-electron chi connectivity index (χ2n) is 4.85. The van der Waals surface area contributed by atoms with Gasteiger partial charge >= 0.3 is 5.63 Å². The number of hydrogen-bond acceptors (Lipinski definition) is 5. The fourth-order valence-electron chi connectivity index (χ4n) is 2.43. The number of nitriles is 1. The zero-order chi connectivity index (χ0) is 15.5. The van der Waals surface area contributed by atoms with Crippen LogP contribution in [-0.4, -0.2) is 26.3 Å². The first kappa shape index (κ1) is 14.6. The number of rotatable bonds is 2. The Kier molecular flexibility index (Phi) is 4.14. The fraction of sp³-hybridized carbons (Fsp3) is 0.250. The lowest BCUT2D eigenvalue weighted by atomic mass is 10.1. The molecule has 0 atom stereocenters. The molecule has 1 fully saturated rings. The van der Waals surface area contributed by atoms with Crippen LogP contribution in [0, 0.1) is 11.3 Å². The zero-order valence-corrected chi connectivity index (χ0v) is 12.5. The molecular weight excluding hydrogens is 304 g/mol. The van der Waals surface area contributed by atoms with Crippen molar-refractivity contribution in [3.63, 3.8) is 0 Å². The van der Waals surface area contributed by atoms with E-state index in [1.807, 2.05) is 17.0 Å². The molecule has 2 heterocycles. The van der Waals surface area contributed by atoms with Crippen LogP contribution >= 0.6 is 11.6 Å². The first-order valence-corrected chi connectivity index (χ1v) is 7.24. The molecule has 22 heavy (non-hydrogen) atoms. The van der Waals surface area contributed by atoms with Crippen LogP contribution in [0.15, 0.2) is 39.5 Å². The summed E-state index contributed by atoms with van der Waals surface area (Å²) in [6.45, 7) is 2.37. The van der Waals surface area contributed by atoms with Crippen LogP contribution in [0.5, 0.6) is 0 Å². The van der Waals surface area contributed by atoms with Gasteiger partial charge in [0.25, 0.3) is 0 Å². The van der Waals surface area contributed by atoms with E-state index in [0.717, 1.165) is 0 Å². The van der Waals surface area contributed by atoms with Gasteiger partial charge in [0.1, 0.15) is 11.8 Å². The summed E-state index contributed by atoms with van der Waals surface area (Å²) in [7, 11) is 0. The van der Waals surface area contributed by atoms with E-state index in [9.17, 15) is 10.1 Å². The average molecular weight is 317 g/mol. The van der Waals surface area contributed by atoms with Gasteiger partial charge in [-0.15, -0.1) is 0 Å². The van der Waals surface area contributed by atoms with E-state index in [1.54, 1.807) is 24.3 Å². The lowest BCUT2D eigenvalue weighted by Crippen LogP contribution is -2.37. The first-order valence-electron chi connectivity index (χ1n) is 6.86. The Balaban J connectivity index is 2.15. The van der Waals surface area contributed by atoms with E-state index in [4.69, 9.17) is 20.8 Å². The van der Waals surface area contributed by atoms with Crippen LogP contribution in [0.25, 0.3) is 11.3 Å². The number of morpholine rings is 1. The number of ether oxygens (including phenoxy) is 1. The van der Waals surface area contributed by atoms with Gasteiger partial charge in [-0.3, -0.25) is 0 Å². The highest BCUT2D eigenvalue weighted by Gasteiger charge is 2.20. The smallest absolute Gasteiger partial charge is 0.356 e. The zero-order valence-electron chi connectivity index (χ0n) is 11.7. The summed E-state index contributed by atoms with van der Waals surface area (Å²) in [6.07, 6.45) is 0. The van der Waals surface area contributed by atoms with Crippen molar-refractivity contribution in [1.82, 2.24) is 0 Å². The summed E-state index contributed by atoms with van der Waals surface area (Å²) in [6, 6.07) is 10.7. The third-order valence-electron chi connectivity index (χ3n) is 3.53. The maximum absolute atomic E-state index is 12.1. The third kappa shape index (κ3) is 2.71. The summed E-state index contributed by atoms with van der Waals surface area (Å²) in [5.41, 5.74) is 0.552. The molecule has 3 rings (SSSR count). The van der Waals surface area contributed by atoms with Gasteiger partial charge in [0, 0.05) is 24.7 Å². The molecule has 1 aromatic carbocycles. The predicted octanol–water partition coefficient (Wildman–Crippen LogP) is 2.67. The monoisotopic (exact) mass is 316 g/mol. The normalized spacial score (nSPS) is 14.6. The number of nitrogens with zero attached hydrogens (tertiary/aromatic N) is 2. The van der Waals surface area contributed by atoms with Crippen molar-refractivity contribution in [2.45, 2.75) is 0 Å². The molecule has 1 aliphatic heterocycles. The molecule has 0 radical (unpaired) electrons. The van der Waals surface area contributed by atoms with Crippen molar-refractivity contribution in [2.75, 3.05) is 31.2 Å². The van der Waals surface area contributed by atoms with E-state index >= 15 is 0 Å². The topological polar surface area (TPSA) is 66.5 Å². The highest BCUT2D eigenvalue weighted by molar-refractivity contribution is 6.33. The van der Waals surface area contributed by atoms with Gasteiger partial charge in [0.05, 0.1) is 23.9 Å². The average Bonchev–Trinajstić information content (AvgIpc) is 2.55. The van der Waals surface area contributed by atoms with Crippen molar-refractivity contribution in [3.05, 3.63) is 51.3 Å². The highest BCUT2D eigenvalue weighted by Crippen LogP contribution is 2.30. The molecule has 0 unspecified atom stereocenters. The molecule has 0 bridgehead atoms. The Morgan fingerprint density at radius 1 is 1.23 bits per heavy atom. The molecule has 6 heteroatoms. The summed E-state index contributed by atoms with van der Waals surface area (Å²) in [5.74, 6) is 0.357. The maximum Gasteiger partial charge on any atom is 0.356 e. The van der Waals surface area contributed by atoms with Crippen LogP contribution < -0.4 is 10.5 Å². The Morgan fingerprint density at radius 3 is 2.64 bits per heavy atom. The number of benzene rings is 1. The molecule has 2 aromatic rings. The second kappa shape index (κ2) is 6.22. The van der Waals surface area contributed by atoms with Gasteiger partial charge in [-0.25, -0.2) is 4.79 Å². The van der Waals surface area contributed by atoms with E-state index < -0.39 is 5.63 Å². The van der Waals surface area contributed by atoms with Crippen LogP contribution in [-0.2, 0) is 4.74 Å². The largest absolute Gasteiger partial charge is 0.422 e. The Morgan fingerprint density at radius 2 is 1.95 bits per heavy atom. The lowest BCUT2D eigenvalue weighted by molar-refractivity contribution is 0.122. The van der Waals surface area contributed by atoms with Crippen molar-refractivity contribution in [1.29, 1.82) is 5.26 Å². The first-order chi connectivity index (χ1) is 10.7. The van der Waals surface area contributed by atoms with Crippen LogP contribution in [0.3, 0.4) is 0 Å². The molecule has 0 N–H and O–H groups in total. The van der Waals surface area contributed by atoms with Crippen molar-refractivity contribution in [2.24, 2.45) is 0 Å². The Labute approximate surface area is 132 Å². The fourth-order valence-corrected chi connectivity index (χ4v) is 2.66. The summed E-state index contributed by atoms with van der Waals surface area (Å²) < 4.78 is 10.6. The van der Waals surface area contributed by atoms with E-state index in [0.29, 0.717) is 48.3 Å². The summed E-state index contributed by atoms with van der Waals surface area (Å²) in [5, 5.41) is 9.74. The van der Waals surface area contributed by atoms with Gasteiger partial charge in [0.15, 0.2) is 5.56 Å². The molecule has 1 saturated heterocycles. The standard InChI is InChI=1S/C16H13ClN2O3/c17-13-4-2-1-3-11(13)15-9-14(12(10-18)16(20)22-15)19-5-7-21-8-6-19/h1-4,9H,5-8H2. The molecule has 0 aliphatic carbocycles. The van der Waals surface area contributed by atoms with Gasteiger partial charge in [-0.05, 0) is 12.1 Å². The van der Waals surface area contributed by atoms with Crippen LogP contribution in [0.1, 0.15) is 5.56 Å². The van der Waals surface area contributed by atoms with Gasteiger partial charge < -0.3 is 14.1 Å². The molecule has 5 nitrogen and oxygen atoms in total. The van der Waals surface area contributed by atoms with Gasteiger partial charge in [0.2, 0.25) is 0 Å². The summed E-state index contributed by atoms with van der Waals surface area (Å²) in [4.78, 5) is 14.1. The van der Waals surface area contributed by atoms with Crippen molar-refractivity contribution >= 4 is 17.3 Å². The van der Waals surface area contributed by atoms with E-state index in [2.05, 4.69) is 0 Å². The van der Waals surface area contributed by atoms with Crippen molar-refractivity contribution < 1.29 is 9.15 Å². The van der Waals surface area contributed by atoms with E-state index in [-0.39, 0.29) is 5.56 Å². The third-order valence-corrected chi connectivity index (χ3v) is 3.86. The molecule has 0 amide bonds. The second-order valence-corrected chi connectivity index (χ2v) is 5.26. The molecular formula is C16H13ClN2O3. The quantitative estimate of drug-likeness (QED) is 0.852. The Hall–Kier alpha value is -2.29. The molecule has 0 saturated carbocycles. The molecule has 112 valence electrons. The number of hydrogen-bond donors (Lipinski definition) is 0. The number of anilines is 1. The molecule has 1 aliphatic rings. The minimum Gasteiger partial charge on any atom is -0.422 e. The lowest BCUT2D eigenvalue weighted by Gasteiger charge is -2.29. The Bertz CT molecular complexity index is 789. The van der Waals surface area contributed by atoms with Crippen molar-refractivity contribution in [3.8, 4) is 17.4 Å². The highest BCUT2D eigenvalue weighted by atomic mass is 35.5. The summed E-state index contributed by atoms with van der Waals surface area (Å²) >= 11 is 6.16. The van der Waals surface area contributed by atoms with Crippen LogP contribution in [0.4, 0.5) is 5.69 Å².